The van der Waals surface area contributed by atoms with E-state index in [-0.39, 0.29) is 0 Å². The molecule has 0 unspecified atom stereocenters. The van der Waals surface area contributed by atoms with E-state index in [1.165, 1.54) is 25.4 Å². The minimum atomic E-state index is -0.425. The summed E-state index contributed by atoms with van der Waals surface area (Å²) in [6.07, 6.45) is 1.73. The predicted molar refractivity (Wildman–Crippen MR) is 105 cm³/mol. The van der Waals surface area contributed by atoms with E-state index in [9.17, 15) is 10.1 Å². The number of aromatic nitrogens is 1. The fourth-order valence-electron chi connectivity index (χ4n) is 2.46. The topological polar surface area (TPSA) is 72.2 Å². The van der Waals surface area contributed by atoms with Gasteiger partial charge in [-0.1, -0.05) is 36.4 Å². The summed E-state index contributed by atoms with van der Waals surface area (Å²) >= 11 is 1.42. The highest BCUT2D eigenvalue weighted by Crippen LogP contribution is 2.31. The number of methoxy groups -OCH3 is 1. The van der Waals surface area contributed by atoms with Gasteiger partial charge >= 0.3 is 5.97 Å². The fourth-order valence-corrected chi connectivity index (χ4v) is 3.26. The Labute approximate surface area is 161 Å². The lowest BCUT2D eigenvalue weighted by atomic mass is 10.1. The maximum absolute atomic E-state index is 11.2. The number of hydrogen-bond donors (Lipinski definition) is 0. The number of carbonyl (C=O) groups excluding carboxylic acids is 1. The Morgan fingerprint density at radius 1 is 1.19 bits per heavy atom. The maximum Gasteiger partial charge on any atom is 0.308 e. The highest BCUT2D eigenvalue weighted by molar-refractivity contribution is 7.11. The monoisotopic (exact) mass is 376 g/mol. The van der Waals surface area contributed by atoms with Crippen LogP contribution in [0.2, 0.25) is 0 Å². The van der Waals surface area contributed by atoms with Crippen molar-refractivity contribution in [3.63, 3.8) is 0 Å². The summed E-state index contributed by atoms with van der Waals surface area (Å²) in [6, 6.07) is 17.1. The molecule has 0 amide bonds. The van der Waals surface area contributed by atoms with E-state index in [1.54, 1.807) is 24.3 Å². The van der Waals surface area contributed by atoms with E-state index < -0.39 is 5.97 Å². The molecule has 0 saturated heterocycles. The second-order valence-corrected chi connectivity index (χ2v) is 6.44. The Kier molecular flexibility index (Phi) is 5.64. The molecule has 2 aromatic carbocycles. The number of esters is 1. The SMILES string of the molecule is COc1cc(C=C(C#N)c2nc(-c3ccccc3)cs2)ccc1OC(C)=O. The van der Waals surface area contributed by atoms with Crippen LogP contribution in [-0.4, -0.2) is 18.1 Å². The molecular formula is C21H16N2O3S. The molecule has 0 fully saturated rings. The molecule has 3 aromatic rings. The molecule has 3 rings (SSSR count). The average Bonchev–Trinajstić information content (AvgIpc) is 3.17. The molecule has 0 atom stereocenters. The molecule has 1 heterocycles. The first-order valence-corrected chi connectivity index (χ1v) is 8.98. The minimum Gasteiger partial charge on any atom is -0.493 e. The number of rotatable bonds is 5. The first-order valence-electron chi connectivity index (χ1n) is 8.10. The fraction of sp³-hybridized carbons (Fsp3) is 0.0952. The van der Waals surface area contributed by atoms with Crippen molar-refractivity contribution in [1.82, 2.24) is 4.98 Å². The Balaban J connectivity index is 1.92. The van der Waals surface area contributed by atoms with Crippen LogP contribution < -0.4 is 9.47 Å². The summed E-state index contributed by atoms with van der Waals surface area (Å²) in [7, 11) is 1.49. The predicted octanol–water partition coefficient (Wildman–Crippen LogP) is 4.81. The zero-order valence-corrected chi connectivity index (χ0v) is 15.6. The van der Waals surface area contributed by atoms with Gasteiger partial charge in [0.1, 0.15) is 11.1 Å². The summed E-state index contributed by atoms with van der Waals surface area (Å²) in [5.41, 5.74) is 3.03. The van der Waals surface area contributed by atoms with E-state index in [4.69, 9.17) is 9.47 Å². The second kappa shape index (κ2) is 8.30. The number of allylic oxidation sites excluding steroid dienone is 1. The van der Waals surface area contributed by atoms with E-state index in [1.807, 2.05) is 35.7 Å². The largest absolute Gasteiger partial charge is 0.493 e. The van der Waals surface area contributed by atoms with Crippen LogP contribution in [-0.2, 0) is 4.79 Å². The lowest BCUT2D eigenvalue weighted by molar-refractivity contribution is -0.132. The molecule has 0 aliphatic heterocycles. The van der Waals surface area contributed by atoms with Crippen LogP contribution in [0.4, 0.5) is 0 Å². The lowest BCUT2D eigenvalue weighted by Crippen LogP contribution is -2.03. The van der Waals surface area contributed by atoms with Crippen molar-refractivity contribution in [3.05, 3.63) is 64.5 Å². The number of benzene rings is 2. The number of carbonyl (C=O) groups is 1. The van der Waals surface area contributed by atoms with Crippen molar-refractivity contribution in [2.45, 2.75) is 6.92 Å². The third kappa shape index (κ3) is 4.40. The van der Waals surface area contributed by atoms with Crippen molar-refractivity contribution in [2.24, 2.45) is 0 Å². The summed E-state index contributed by atoms with van der Waals surface area (Å²) in [5, 5.41) is 12.1. The molecule has 0 aliphatic rings. The first kappa shape index (κ1) is 18.4. The molecule has 6 heteroatoms. The van der Waals surface area contributed by atoms with Crippen LogP contribution in [0, 0.1) is 11.3 Å². The van der Waals surface area contributed by atoms with Gasteiger partial charge in [0, 0.05) is 17.9 Å². The van der Waals surface area contributed by atoms with Gasteiger partial charge in [0.25, 0.3) is 0 Å². The van der Waals surface area contributed by atoms with Crippen LogP contribution in [0.25, 0.3) is 22.9 Å². The minimum absolute atomic E-state index is 0.335. The lowest BCUT2D eigenvalue weighted by Gasteiger charge is -2.08. The van der Waals surface area contributed by atoms with Crippen molar-refractivity contribution >= 4 is 29.0 Å². The highest BCUT2D eigenvalue weighted by atomic mass is 32.1. The van der Waals surface area contributed by atoms with E-state index in [0.717, 1.165) is 16.8 Å². The van der Waals surface area contributed by atoms with Gasteiger partial charge in [0.05, 0.1) is 18.4 Å². The number of ether oxygens (including phenoxy) is 2. The Hall–Kier alpha value is -3.43. The molecule has 0 saturated carbocycles. The molecule has 0 spiro atoms. The van der Waals surface area contributed by atoms with Gasteiger partial charge in [0.2, 0.25) is 0 Å². The number of thiazole rings is 1. The molecule has 1 aromatic heterocycles. The molecule has 0 aliphatic carbocycles. The van der Waals surface area contributed by atoms with Crippen LogP contribution >= 0.6 is 11.3 Å². The first-order chi connectivity index (χ1) is 13.1. The van der Waals surface area contributed by atoms with E-state index in [0.29, 0.717) is 22.1 Å². The summed E-state index contributed by atoms with van der Waals surface area (Å²) in [6.45, 7) is 1.33. The standard InChI is InChI=1S/C21H16N2O3S/c1-14(24)26-19-9-8-15(11-20(19)25-2)10-17(12-22)21-23-18(13-27-21)16-6-4-3-5-7-16/h3-11,13H,1-2H3. The molecular weight excluding hydrogens is 360 g/mol. The molecule has 134 valence electrons. The van der Waals surface area contributed by atoms with Crippen LogP contribution in [0.1, 0.15) is 17.5 Å². The Bertz CT molecular complexity index is 1030. The maximum atomic E-state index is 11.2. The van der Waals surface area contributed by atoms with Crippen molar-refractivity contribution in [2.75, 3.05) is 7.11 Å². The zero-order chi connectivity index (χ0) is 19.2. The van der Waals surface area contributed by atoms with Gasteiger partial charge in [-0.25, -0.2) is 4.98 Å². The van der Waals surface area contributed by atoms with Crippen LogP contribution in [0.5, 0.6) is 11.5 Å². The molecule has 0 bridgehead atoms. The van der Waals surface area contributed by atoms with Crippen molar-refractivity contribution in [1.29, 1.82) is 5.26 Å². The number of hydrogen-bond acceptors (Lipinski definition) is 6. The molecule has 0 N–H and O–H groups in total. The highest BCUT2D eigenvalue weighted by Gasteiger charge is 2.11. The third-order valence-electron chi connectivity index (χ3n) is 3.68. The van der Waals surface area contributed by atoms with Gasteiger partial charge in [-0.3, -0.25) is 4.79 Å². The van der Waals surface area contributed by atoms with Crippen molar-refractivity contribution in [3.8, 4) is 28.8 Å². The van der Waals surface area contributed by atoms with Gasteiger partial charge in [0.15, 0.2) is 11.5 Å². The van der Waals surface area contributed by atoms with Crippen LogP contribution in [0.3, 0.4) is 0 Å². The molecule has 27 heavy (non-hydrogen) atoms. The smallest absolute Gasteiger partial charge is 0.308 e. The quantitative estimate of drug-likeness (QED) is 0.363. The van der Waals surface area contributed by atoms with Gasteiger partial charge in [-0.2, -0.15) is 5.26 Å². The Morgan fingerprint density at radius 3 is 2.63 bits per heavy atom. The normalized spacial score (nSPS) is 10.9. The van der Waals surface area contributed by atoms with E-state index in [2.05, 4.69) is 11.1 Å². The summed E-state index contributed by atoms with van der Waals surface area (Å²) in [4.78, 5) is 15.7. The summed E-state index contributed by atoms with van der Waals surface area (Å²) < 4.78 is 10.4. The third-order valence-corrected chi connectivity index (χ3v) is 4.55. The second-order valence-electron chi connectivity index (χ2n) is 5.58. The van der Waals surface area contributed by atoms with Crippen molar-refractivity contribution < 1.29 is 14.3 Å². The molecule has 5 nitrogen and oxygen atoms in total. The zero-order valence-electron chi connectivity index (χ0n) is 14.8. The Morgan fingerprint density at radius 2 is 1.96 bits per heavy atom. The van der Waals surface area contributed by atoms with Gasteiger partial charge in [-0.15, -0.1) is 11.3 Å². The van der Waals surface area contributed by atoms with E-state index >= 15 is 0 Å². The molecule has 0 radical (unpaired) electrons. The van der Waals surface area contributed by atoms with Crippen LogP contribution in [0.15, 0.2) is 53.9 Å². The van der Waals surface area contributed by atoms with Gasteiger partial charge < -0.3 is 9.47 Å². The summed E-state index contributed by atoms with van der Waals surface area (Å²) in [5.74, 6) is 0.326. The number of nitriles is 1. The number of nitrogens with zero attached hydrogens (tertiary/aromatic N) is 2. The average molecular weight is 376 g/mol. The van der Waals surface area contributed by atoms with Gasteiger partial charge in [-0.05, 0) is 23.8 Å².